The third kappa shape index (κ3) is 5.51. The molecule has 4 N–H and O–H groups in total. The van der Waals surface area contributed by atoms with Crippen LogP contribution in [0.1, 0.15) is 35.7 Å². The van der Waals surface area contributed by atoms with Crippen molar-refractivity contribution in [3.63, 3.8) is 0 Å². The van der Waals surface area contributed by atoms with E-state index < -0.39 is 11.9 Å². The molecule has 0 aliphatic rings. The summed E-state index contributed by atoms with van der Waals surface area (Å²) in [4.78, 5) is 33.1. The van der Waals surface area contributed by atoms with Gasteiger partial charge < -0.3 is 16.2 Å². The molecule has 6 heteroatoms. The topological polar surface area (TPSA) is 109 Å². The summed E-state index contributed by atoms with van der Waals surface area (Å²) in [6.07, 6.45) is 0.117. The molecule has 0 aliphatic carbocycles. The minimum absolute atomic E-state index is 0.0371. The molecule has 0 heterocycles. The van der Waals surface area contributed by atoms with Crippen LogP contribution in [0.3, 0.4) is 0 Å². The number of primary amides is 1. The van der Waals surface area contributed by atoms with E-state index in [1.807, 2.05) is 0 Å². The lowest BCUT2D eigenvalue weighted by molar-refractivity contribution is -0.138. The first-order valence-electron chi connectivity index (χ1n) is 6.25. The van der Waals surface area contributed by atoms with Crippen LogP contribution >= 0.6 is 0 Å². The smallest absolute Gasteiger partial charge is 0.303 e. The maximum Gasteiger partial charge on any atom is 0.303 e. The Morgan fingerprint density at radius 3 is 2.60 bits per heavy atom. The summed E-state index contributed by atoms with van der Waals surface area (Å²) in [5, 5.41) is 11.3. The van der Waals surface area contributed by atoms with Crippen LogP contribution in [0.25, 0.3) is 0 Å². The molecule has 1 unspecified atom stereocenters. The number of carboxylic acids is 1. The van der Waals surface area contributed by atoms with Gasteiger partial charge in [-0.3, -0.25) is 14.4 Å². The summed E-state index contributed by atoms with van der Waals surface area (Å²) in [6, 6.07) is 6.67. The van der Waals surface area contributed by atoms with Crippen LogP contribution in [-0.4, -0.2) is 22.9 Å². The van der Waals surface area contributed by atoms with Crippen molar-refractivity contribution in [2.75, 3.05) is 0 Å². The van der Waals surface area contributed by atoms with E-state index in [2.05, 4.69) is 5.32 Å². The Balaban J connectivity index is 2.46. The lowest BCUT2D eigenvalue weighted by Crippen LogP contribution is -2.25. The van der Waals surface area contributed by atoms with Crippen molar-refractivity contribution in [3.8, 4) is 0 Å². The molecule has 1 rings (SSSR count). The molecule has 0 saturated heterocycles. The summed E-state index contributed by atoms with van der Waals surface area (Å²) in [7, 11) is 0. The zero-order valence-corrected chi connectivity index (χ0v) is 11.3. The zero-order valence-electron chi connectivity index (χ0n) is 11.3. The SMILES string of the molecule is CC(CC(=O)O)CC(=O)NCc1cccc(C(N)=O)c1. The molecule has 0 aromatic heterocycles. The number of benzene rings is 1. The van der Waals surface area contributed by atoms with Gasteiger partial charge in [0.25, 0.3) is 0 Å². The lowest BCUT2D eigenvalue weighted by Gasteiger charge is -2.09. The molecule has 20 heavy (non-hydrogen) atoms. The second kappa shape index (κ2) is 7.28. The molecule has 0 fully saturated rings. The van der Waals surface area contributed by atoms with E-state index in [4.69, 9.17) is 10.8 Å². The molecular formula is C14H18N2O4. The van der Waals surface area contributed by atoms with Gasteiger partial charge in [-0.25, -0.2) is 0 Å². The molecule has 1 atom stereocenters. The van der Waals surface area contributed by atoms with E-state index in [1.165, 1.54) is 0 Å². The monoisotopic (exact) mass is 278 g/mol. The van der Waals surface area contributed by atoms with Gasteiger partial charge in [0.2, 0.25) is 11.8 Å². The van der Waals surface area contributed by atoms with Crippen molar-refractivity contribution < 1.29 is 19.5 Å². The minimum atomic E-state index is -0.917. The number of carbonyl (C=O) groups excluding carboxylic acids is 2. The maximum absolute atomic E-state index is 11.6. The van der Waals surface area contributed by atoms with E-state index in [-0.39, 0.29) is 31.2 Å². The highest BCUT2D eigenvalue weighted by Gasteiger charge is 2.12. The minimum Gasteiger partial charge on any atom is -0.481 e. The van der Waals surface area contributed by atoms with Crippen LogP contribution < -0.4 is 11.1 Å². The highest BCUT2D eigenvalue weighted by molar-refractivity contribution is 5.92. The fourth-order valence-electron chi connectivity index (χ4n) is 1.79. The molecule has 1 aromatic rings. The first-order chi connectivity index (χ1) is 9.38. The second-order valence-corrected chi connectivity index (χ2v) is 4.75. The number of nitrogens with one attached hydrogen (secondary N) is 1. The molecule has 0 aliphatic heterocycles. The quantitative estimate of drug-likeness (QED) is 0.688. The van der Waals surface area contributed by atoms with Gasteiger partial charge in [0, 0.05) is 24.9 Å². The predicted molar refractivity (Wildman–Crippen MR) is 72.8 cm³/mol. The first-order valence-corrected chi connectivity index (χ1v) is 6.25. The molecule has 1 aromatic carbocycles. The summed E-state index contributed by atoms with van der Waals surface area (Å²) in [5.74, 6) is -1.87. The van der Waals surface area contributed by atoms with Crippen LogP contribution in [0.5, 0.6) is 0 Å². The standard InChI is InChI=1S/C14H18N2O4/c1-9(6-13(18)19)5-12(17)16-8-10-3-2-4-11(7-10)14(15)20/h2-4,7,9H,5-6,8H2,1H3,(H2,15,20)(H,16,17)(H,18,19). The Hall–Kier alpha value is -2.37. The molecular weight excluding hydrogens is 260 g/mol. The van der Waals surface area contributed by atoms with Crippen LogP contribution in [0, 0.1) is 5.92 Å². The summed E-state index contributed by atoms with van der Waals surface area (Å²) in [6.45, 7) is 1.99. The second-order valence-electron chi connectivity index (χ2n) is 4.75. The number of rotatable bonds is 7. The van der Waals surface area contributed by atoms with Gasteiger partial charge in [-0.15, -0.1) is 0 Å². The van der Waals surface area contributed by atoms with Gasteiger partial charge in [-0.2, -0.15) is 0 Å². The zero-order chi connectivity index (χ0) is 15.1. The van der Waals surface area contributed by atoms with E-state index in [9.17, 15) is 14.4 Å². The normalized spacial score (nSPS) is 11.7. The third-order valence-electron chi connectivity index (χ3n) is 2.76. The van der Waals surface area contributed by atoms with Crippen LogP contribution in [-0.2, 0) is 16.1 Å². The van der Waals surface area contributed by atoms with Crippen LogP contribution in [0.15, 0.2) is 24.3 Å². The van der Waals surface area contributed by atoms with Crippen molar-refractivity contribution in [1.82, 2.24) is 5.32 Å². The Morgan fingerprint density at radius 1 is 1.30 bits per heavy atom. The van der Waals surface area contributed by atoms with Gasteiger partial charge in [0.15, 0.2) is 0 Å². The fourth-order valence-corrected chi connectivity index (χ4v) is 1.79. The van der Waals surface area contributed by atoms with Crippen molar-refractivity contribution in [1.29, 1.82) is 0 Å². The Bertz CT molecular complexity index is 514. The van der Waals surface area contributed by atoms with E-state index in [0.717, 1.165) is 5.56 Å². The van der Waals surface area contributed by atoms with Crippen molar-refractivity contribution in [2.45, 2.75) is 26.3 Å². The number of carbonyl (C=O) groups is 3. The molecule has 6 nitrogen and oxygen atoms in total. The molecule has 0 saturated carbocycles. The summed E-state index contributed by atoms with van der Waals surface area (Å²) >= 11 is 0. The van der Waals surface area contributed by atoms with Crippen molar-refractivity contribution >= 4 is 17.8 Å². The molecule has 108 valence electrons. The Kier molecular flexibility index (Phi) is 5.71. The highest BCUT2D eigenvalue weighted by Crippen LogP contribution is 2.08. The van der Waals surface area contributed by atoms with E-state index >= 15 is 0 Å². The maximum atomic E-state index is 11.6. The average molecular weight is 278 g/mol. The average Bonchev–Trinajstić information content (AvgIpc) is 2.35. The number of aliphatic carboxylic acids is 1. The molecule has 0 bridgehead atoms. The Labute approximate surface area is 117 Å². The van der Waals surface area contributed by atoms with E-state index in [0.29, 0.717) is 5.56 Å². The third-order valence-corrected chi connectivity index (χ3v) is 2.76. The highest BCUT2D eigenvalue weighted by atomic mass is 16.4. The van der Waals surface area contributed by atoms with Crippen LogP contribution in [0.4, 0.5) is 0 Å². The van der Waals surface area contributed by atoms with Crippen molar-refractivity contribution in [3.05, 3.63) is 35.4 Å². The van der Waals surface area contributed by atoms with Gasteiger partial charge >= 0.3 is 5.97 Å². The van der Waals surface area contributed by atoms with Crippen molar-refractivity contribution in [2.24, 2.45) is 11.7 Å². The molecule has 0 radical (unpaired) electrons. The lowest BCUT2D eigenvalue weighted by atomic mass is 10.0. The van der Waals surface area contributed by atoms with Gasteiger partial charge in [0.05, 0.1) is 0 Å². The summed E-state index contributed by atoms with van der Waals surface area (Å²) < 4.78 is 0. The Morgan fingerprint density at radius 2 is 2.00 bits per heavy atom. The number of carboxylic acid groups (broad SMARTS) is 1. The number of nitrogens with two attached hydrogens (primary N) is 1. The van der Waals surface area contributed by atoms with Gasteiger partial charge in [-0.05, 0) is 23.6 Å². The predicted octanol–water partition coefficient (Wildman–Crippen LogP) is 0.903. The fraction of sp³-hybridized carbons (Fsp3) is 0.357. The van der Waals surface area contributed by atoms with Gasteiger partial charge in [-0.1, -0.05) is 19.1 Å². The largest absolute Gasteiger partial charge is 0.481 e. The number of hydrogen-bond donors (Lipinski definition) is 3. The van der Waals surface area contributed by atoms with Gasteiger partial charge in [0.1, 0.15) is 0 Å². The van der Waals surface area contributed by atoms with Crippen LogP contribution in [0.2, 0.25) is 0 Å². The first kappa shape index (κ1) is 15.7. The van der Waals surface area contributed by atoms with E-state index in [1.54, 1.807) is 31.2 Å². The number of amides is 2. The molecule has 2 amide bonds. The number of hydrogen-bond acceptors (Lipinski definition) is 3. The summed E-state index contributed by atoms with van der Waals surface area (Å²) in [5.41, 5.74) is 6.32. The molecule has 0 spiro atoms.